The molecule has 0 aliphatic carbocycles. The highest BCUT2D eigenvalue weighted by atomic mass is 16.7. The molecule has 4 amide bonds. The summed E-state index contributed by atoms with van der Waals surface area (Å²) in [4.78, 5) is 49.7. The normalized spacial score (nSPS) is 31.3. The molecule has 270 valence electrons. The predicted octanol–water partition coefficient (Wildman–Crippen LogP) is -5.43. The largest absolute Gasteiger partial charge is 0.394 e. The maximum Gasteiger partial charge on any atom is 0.243 e. The van der Waals surface area contributed by atoms with E-state index in [4.69, 9.17) is 18.9 Å². The highest BCUT2D eigenvalue weighted by Gasteiger charge is 2.44. The molecule has 2 saturated heterocycles. The van der Waals surface area contributed by atoms with E-state index in [1.165, 1.54) is 13.1 Å². The zero-order valence-corrected chi connectivity index (χ0v) is 26.1. The van der Waals surface area contributed by atoms with Crippen LogP contribution in [0, 0.1) is 0 Å². The highest BCUT2D eigenvalue weighted by molar-refractivity contribution is 5.92. The average Bonchev–Trinajstić information content (AvgIpc) is 3.04. The predicted molar refractivity (Wildman–Crippen MR) is 157 cm³/mol. The summed E-state index contributed by atoms with van der Waals surface area (Å²) in [5, 5.41) is 78.7. The van der Waals surface area contributed by atoms with E-state index in [-0.39, 0.29) is 45.1 Å². The van der Waals surface area contributed by atoms with Crippen molar-refractivity contribution in [3.8, 4) is 0 Å². The summed E-state index contributed by atoms with van der Waals surface area (Å²) in [5.41, 5.74) is 0. The lowest BCUT2D eigenvalue weighted by molar-refractivity contribution is -0.300. The fraction of sp³-hybridized carbons (Fsp3) is 0.786. The molecule has 2 aliphatic rings. The van der Waals surface area contributed by atoms with E-state index in [1.807, 2.05) is 0 Å². The first-order valence-electron chi connectivity index (χ1n) is 15.3. The molecule has 0 aromatic carbocycles. The molecule has 47 heavy (non-hydrogen) atoms. The lowest BCUT2D eigenvalue weighted by Crippen LogP contribution is -2.59. The third-order valence-electron chi connectivity index (χ3n) is 7.41. The number of unbranched alkanes of at least 4 members (excludes halogenated alkanes) is 1. The van der Waals surface area contributed by atoms with Gasteiger partial charge in [0.15, 0.2) is 12.6 Å². The Morgan fingerprint density at radius 2 is 1.32 bits per heavy atom. The molecule has 19 nitrogen and oxygen atoms in total. The third kappa shape index (κ3) is 13.0. The van der Waals surface area contributed by atoms with Gasteiger partial charge >= 0.3 is 0 Å². The van der Waals surface area contributed by atoms with Crippen LogP contribution in [0.5, 0.6) is 0 Å². The van der Waals surface area contributed by atoms with Crippen molar-refractivity contribution in [2.24, 2.45) is 0 Å². The van der Waals surface area contributed by atoms with Crippen LogP contribution < -0.4 is 21.3 Å². The molecule has 0 saturated carbocycles. The topological polar surface area (TPSA) is 295 Å². The van der Waals surface area contributed by atoms with E-state index in [2.05, 4.69) is 27.8 Å². The lowest BCUT2D eigenvalue weighted by atomic mass is 9.99. The Kier molecular flexibility index (Phi) is 17.6. The second-order valence-corrected chi connectivity index (χ2v) is 11.1. The Hall–Kier alpha value is -2.82. The molecule has 2 aliphatic heterocycles. The van der Waals surface area contributed by atoms with E-state index in [0.29, 0.717) is 12.8 Å². The summed E-state index contributed by atoms with van der Waals surface area (Å²) in [7, 11) is 0. The number of hydrogen-bond donors (Lipinski definition) is 11. The second-order valence-electron chi connectivity index (χ2n) is 11.1. The second kappa shape index (κ2) is 20.5. The molecule has 0 bridgehead atoms. The van der Waals surface area contributed by atoms with E-state index in [9.17, 15) is 54.9 Å². The summed E-state index contributed by atoms with van der Waals surface area (Å²) >= 11 is 0. The Bertz CT molecular complexity index is 1020. The minimum Gasteiger partial charge on any atom is -0.394 e. The van der Waals surface area contributed by atoms with E-state index >= 15 is 0 Å². The van der Waals surface area contributed by atoms with Gasteiger partial charge in [-0.2, -0.15) is 0 Å². The summed E-state index contributed by atoms with van der Waals surface area (Å²) in [6.07, 6.45) is -12.3. The molecule has 2 fully saturated rings. The average molecular weight is 681 g/mol. The lowest BCUT2D eigenvalue weighted by Gasteiger charge is -2.39. The highest BCUT2D eigenvalue weighted by Crippen LogP contribution is 2.22. The van der Waals surface area contributed by atoms with Gasteiger partial charge in [0.05, 0.1) is 32.3 Å². The Balaban J connectivity index is 1.87. The van der Waals surface area contributed by atoms with Gasteiger partial charge in [0.2, 0.25) is 23.6 Å². The first kappa shape index (κ1) is 40.4. The van der Waals surface area contributed by atoms with Crippen LogP contribution in [0.25, 0.3) is 0 Å². The van der Waals surface area contributed by atoms with Crippen molar-refractivity contribution in [2.45, 2.75) is 106 Å². The number of carbonyl (C=O) groups excluding carboxylic acids is 4. The number of aliphatic hydroxyl groups excluding tert-OH is 7. The fourth-order valence-corrected chi connectivity index (χ4v) is 4.68. The number of nitrogens with one attached hydrogen (secondary N) is 4. The van der Waals surface area contributed by atoms with Crippen molar-refractivity contribution >= 4 is 23.6 Å². The summed E-state index contributed by atoms with van der Waals surface area (Å²) < 4.78 is 21.2. The maximum absolute atomic E-state index is 13.0. The zero-order chi connectivity index (χ0) is 35.1. The fourth-order valence-electron chi connectivity index (χ4n) is 4.68. The molecule has 2 rings (SSSR count). The number of rotatable bonds is 19. The number of amides is 4. The summed E-state index contributed by atoms with van der Waals surface area (Å²) in [6, 6.07) is -1.33. The molecular weight excluding hydrogens is 632 g/mol. The molecule has 0 spiro atoms. The molecule has 0 radical (unpaired) electrons. The summed E-state index contributed by atoms with van der Waals surface area (Å²) in [6.45, 7) is 3.52. The molecule has 1 unspecified atom stereocenters. The van der Waals surface area contributed by atoms with Crippen LogP contribution in [0.4, 0.5) is 0 Å². The van der Waals surface area contributed by atoms with E-state index in [0.717, 1.165) is 0 Å². The maximum atomic E-state index is 13.0. The molecule has 19 heteroatoms. The van der Waals surface area contributed by atoms with Gasteiger partial charge in [-0.15, -0.1) is 0 Å². The number of hydrogen-bond acceptors (Lipinski definition) is 15. The minimum atomic E-state index is -1.65. The smallest absolute Gasteiger partial charge is 0.243 e. The first-order chi connectivity index (χ1) is 22.3. The van der Waals surface area contributed by atoms with Gasteiger partial charge in [-0.3, -0.25) is 19.2 Å². The SMILES string of the molecule is C=CNC(=O)CCCCC(=O)NC(CC(=O)NCCO[C@@H]1O[C@@H](C)[C@@H](O)[C@@H](O)[C@@H]1O)C(=O)NCCO[C@H]1O[C@H](CO)[C@@H](O)[C@H](O)[C@@H]1O. The van der Waals surface area contributed by atoms with E-state index in [1.54, 1.807) is 0 Å². The summed E-state index contributed by atoms with van der Waals surface area (Å²) in [5.74, 6) is -2.23. The number of ether oxygens (including phenoxy) is 4. The molecule has 2 heterocycles. The van der Waals surface area contributed by atoms with Crippen LogP contribution in [0.3, 0.4) is 0 Å². The number of carbonyl (C=O) groups is 4. The Labute approximate surface area is 271 Å². The van der Waals surface area contributed by atoms with Gasteiger partial charge in [-0.1, -0.05) is 6.58 Å². The first-order valence-corrected chi connectivity index (χ1v) is 15.3. The monoisotopic (exact) mass is 680 g/mol. The van der Waals surface area contributed by atoms with Crippen LogP contribution in [-0.2, 0) is 38.1 Å². The van der Waals surface area contributed by atoms with Crippen molar-refractivity contribution in [2.75, 3.05) is 32.9 Å². The van der Waals surface area contributed by atoms with Gasteiger partial charge in [-0.25, -0.2) is 0 Å². The molecule has 0 aromatic heterocycles. The molecule has 0 aromatic rings. The van der Waals surface area contributed by atoms with Gasteiger partial charge in [0, 0.05) is 25.9 Å². The quantitative estimate of drug-likeness (QED) is 0.0568. The van der Waals surface area contributed by atoms with Gasteiger partial charge in [-0.05, 0) is 26.0 Å². The van der Waals surface area contributed by atoms with Crippen LogP contribution in [0.15, 0.2) is 12.8 Å². The van der Waals surface area contributed by atoms with Gasteiger partial charge in [0.25, 0.3) is 0 Å². The van der Waals surface area contributed by atoms with E-state index < -0.39 is 98.2 Å². The van der Waals surface area contributed by atoms with Crippen LogP contribution >= 0.6 is 0 Å². The standard InChI is InChI=1S/C28H48N4O15/c1-3-29-17(34)6-4-5-7-18(35)32-15(12-19(36)30-8-10-44-27-24(41)22(39)20(37)14(2)46-27)26(43)31-9-11-45-28-25(42)23(40)21(38)16(13-33)47-28/h3,14-16,20-25,27-28,33,37-42H,1,4-13H2,2H3,(H,29,34)(H,30,36)(H,31,43)(H,32,35)/t14-,15?,16+,20+,21+,22+,23-,24-,25-,27+,28-/m0/s1. The van der Waals surface area contributed by atoms with Crippen molar-refractivity contribution in [1.82, 2.24) is 21.3 Å². The minimum absolute atomic E-state index is 0.0382. The van der Waals surface area contributed by atoms with Crippen LogP contribution in [0.1, 0.15) is 39.0 Å². The number of aliphatic hydroxyl groups is 7. The third-order valence-corrected chi connectivity index (χ3v) is 7.41. The van der Waals surface area contributed by atoms with Crippen molar-refractivity contribution < 1.29 is 73.9 Å². The molecule has 11 N–H and O–H groups in total. The molecular formula is C28H48N4O15. The van der Waals surface area contributed by atoms with Crippen molar-refractivity contribution in [3.63, 3.8) is 0 Å². The van der Waals surface area contributed by atoms with Crippen LogP contribution in [-0.4, -0.2) is 160 Å². The van der Waals surface area contributed by atoms with Gasteiger partial charge < -0.3 is 76.0 Å². The zero-order valence-electron chi connectivity index (χ0n) is 26.1. The van der Waals surface area contributed by atoms with Gasteiger partial charge in [0.1, 0.15) is 48.8 Å². The van der Waals surface area contributed by atoms with Crippen LogP contribution in [0.2, 0.25) is 0 Å². The molecule has 11 atom stereocenters. The van der Waals surface area contributed by atoms with Crippen molar-refractivity contribution in [3.05, 3.63) is 12.8 Å². The van der Waals surface area contributed by atoms with Crippen molar-refractivity contribution in [1.29, 1.82) is 0 Å². The Morgan fingerprint density at radius 1 is 0.766 bits per heavy atom. The Morgan fingerprint density at radius 3 is 1.91 bits per heavy atom.